The lowest BCUT2D eigenvalue weighted by molar-refractivity contribution is -0.289. The first-order valence-corrected chi connectivity index (χ1v) is 6.30. The van der Waals surface area contributed by atoms with Crippen molar-refractivity contribution in [1.82, 2.24) is 0 Å². The third-order valence-electron chi connectivity index (χ3n) is 3.19. The first-order chi connectivity index (χ1) is 8.23. The number of nitrogens with two attached hydrogens (primary N) is 1. The highest BCUT2D eigenvalue weighted by Gasteiger charge is 2.33. The smallest absolute Gasteiger partial charge is 0.166 e. The minimum Gasteiger partial charge on any atom is -0.350 e. The van der Waals surface area contributed by atoms with Crippen LogP contribution in [0, 0.1) is 0 Å². The van der Waals surface area contributed by atoms with E-state index in [0.717, 1.165) is 25.9 Å². The highest BCUT2D eigenvalue weighted by atomic mass is 16.7. The van der Waals surface area contributed by atoms with E-state index in [9.17, 15) is 0 Å². The molecule has 3 nitrogen and oxygen atoms in total. The van der Waals surface area contributed by atoms with Crippen LogP contribution in [0.2, 0.25) is 0 Å². The predicted octanol–water partition coefficient (Wildman–Crippen LogP) is 2.62. The summed E-state index contributed by atoms with van der Waals surface area (Å²) in [4.78, 5) is 0. The lowest BCUT2D eigenvalue weighted by Gasteiger charge is -2.39. The highest BCUT2D eigenvalue weighted by molar-refractivity contribution is 5.17. The lowest BCUT2D eigenvalue weighted by Crippen LogP contribution is -2.39. The van der Waals surface area contributed by atoms with Crippen LogP contribution in [0.25, 0.3) is 0 Å². The van der Waals surface area contributed by atoms with Gasteiger partial charge in [-0.1, -0.05) is 30.3 Å². The summed E-state index contributed by atoms with van der Waals surface area (Å²) in [7, 11) is 0. The number of rotatable bonds is 4. The van der Waals surface area contributed by atoms with Crippen LogP contribution >= 0.6 is 0 Å². The van der Waals surface area contributed by atoms with Gasteiger partial charge in [-0.05, 0) is 25.5 Å². The van der Waals surface area contributed by atoms with Crippen LogP contribution in [0.15, 0.2) is 30.3 Å². The Balaban J connectivity index is 2.02. The van der Waals surface area contributed by atoms with Gasteiger partial charge in [0.1, 0.15) is 0 Å². The van der Waals surface area contributed by atoms with Crippen molar-refractivity contribution >= 4 is 0 Å². The van der Waals surface area contributed by atoms with Crippen LogP contribution in [0.4, 0.5) is 0 Å². The van der Waals surface area contributed by atoms with Crippen LogP contribution in [0.5, 0.6) is 0 Å². The summed E-state index contributed by atoms with van der Waals surface area (Å²) in [5, 5.41) is 0. The van der Waals surface area contributed by atoms with Crippen molar-refractivity contribution < 1.29 is 9.47 Å². The molecule has 0 amide bonds. The van der Waals surface area contributed by atoms with E-state index in [-0.39, 0.29) is 6.10 Å². The van der Waals surface area contributed by atoms with E-state index >= 15 is 0 Å². The van der Waals surface area contributed by atoms with Crippen LogP contribution in [0.3, 0.4) is 0 Å². The molecule has 0 aliphatic carbocycles. The lowest BCUT2D eigenvalue weighted by atomic mass is 10.0. The SMILES string of the molecule is CC1(CCCN)OCCC(c2ccccc2)O1. The topological polar surface area (TPSA) is 44.5 Å². The van der Waals surface area contributed by atoms with Gasteiger partial charge in [-0.3, -0.25) is 0 Å². The number of benzene rings is 1. The standard InChI is InChI=1S/C14H21NO2/c1-14(9-5-10-15)16-11-8-13(17-14)12-6-3-2-4-7-12/h2-4,6-7,13H,5,8-11,15H2,1H3. The van der Waals surface area contributed by atoms with E-state index < -0.39 is 5.79 Å². The van der Waals surface area contributed by atoms with Gasteiger partial charge in [0.05, 0.1) is 12.7 Å². The van der Waals surface area contributed by atoms with E-state index in [1.807, 2.05) is 25.1 Å². The molecule has 1 heterocycles. The van der Waals surface area contributed by atoms with Crippen LogP contribution in [0.1, 0.15) is 37.9 Å². The summed E-state index contributed by atoms with van der Waals surface area (Å²) in [5.74, 6) is -0.474. The van der Waals surface area contributed by atoms with Crippen molar-refractivity contribution in [2.45, 2.75) is 38.1 Å². The van der Waals surface area contributed by atoms with E-state index in [2.05, 4.69) is 12.1 Å². The van der Waals surface area contributed by atoms with Gasteiger partial charge in [0.25, 0.3) is 0 Å². The summed E-state index contributed by atoms with van der Waals surface area (Å²) < 4.78 is 11.8. The molecule has 1 aromatic rings. The fourth-order valence-electron chi connectivity index (χ4n) is 2.23. The van der Waals surface area contributed by atoms with E-state index in [0.29, 0.717) is 6.54 Å². The number of ether oxygens (including phenoxy) is 2. The van der Waals surface area contributed by atoms with Crippen LogP contribution in [-0.4, -0.2) is 18.9 Å². The van der Waals surface area contributed by atoms with E-state index in [1.54, 1.807) is 0 Å². The maximum absolute atomic E-state index is 6.08. The van der Waals surface area contributed by atoms with E-state index in [4.69, 9.17) is 15.2 Å². The van der Waals surface area contributed by atoms with Gasteiger partial charge < -0.3 is 15.2 Å². The van der Waals surface area contributed by atoms with E-state index in [1.165, 1.54) is 5.56 Å². The molecule has 2 atom stereocenters. The molecule has 1 aliphatic rings. The normalized spacial score (nSPS) is 29.2. The Morgan fingerprint density at radius 2 is 2.12 bits per heavy atom. The summed E-state index contributed by atoms with van der Waals surface area (Å²) in [5.41, 5.74) is 6.77. The van der Waals surface area contributed by atoms with Gasteiger partial charge in [-0.2, -0.15) is 0 Å². The molecule has 0 saturated carbocycles. The van der Waals surface area contributed by atoms with Crippen LogP contribution < -0.4 is 5.73 Å². The Labute approximate surface area is 103 Å². The fraction of sp³-hybridized carbons (Fsp3) is 0.571. The second-order valence-corrected chi connectivity index (χ2v) is 4.68. The van der Waals surface area contributed by atoms with Crippen molar-refractivity contribution in [3.8, 4) is 0 Å². The third kappa shape index (κ3) is 3.28. The first kappa shape index (κ1) is 12.6. The molecule has 2 unspecified atom stereocenters. The average molecular weight is 235 g/mol. The minimum absolute atomic E-state index is 0.146. The van der Waals surface area contributed by atoms with Crippen LogP contribution in [-0.2, 0) is 9.47 Å². The zero-order valence-electron chi connectivity index (χ0n) is 10.4. The first-order valence-electron chi connectivity index (χ1n) is 6.30. The Hall–Kier alpha value is -0.900. The Morgan fingerprint density at radius 1 is 1.35 bits per heavy atom. The van der Waals surface area contributed by atoms with Gasteiger partial charge >= 0.3 is 0 Å². The molecule has 0 spiro atoms. The molecule has 0 radical (unpaired) electrons. The molecule has 1 aromatic carbocycles. The number of hydrogen-bond acceptors (Lipinski definition) is 3. The fourth-order valence-corrected chi connectivity index (χ4v) is 2.23. The van der Waals surface area contributed by atoms with Crippen molar-refractivity contribution in [3.63, 3.8) is 0 Å². The predicted molar refractivity (Wildman–Crippen MR) is 67.5 cm³/mol. The molecule has 1 fully saturated rings. The molecule has 3 heteroatoms. The molecular formula is C14H21NO2. The molecular weight excluding hydrogens is 214 g/mol. The maximum atomic E-state index is 6.08. The zero-order valence-corrected chi connectivity index (χ0v) is 10.4. The van der Waals surface area contributed by atoms with Crippen molar-refractivity contribution in [2.24, 2.45) is 5.73 Å². The summed E-state index contributed by atoms with van der Waals surface area (Å²) in [6, 6.07) is 10.3. The monoisotopic (exact) mass is 235 g/mol. The molecule has 94 valence electrons. The quantitative estimate of drug-likeness (QED) is 0.872. The molecule has 2 rings (SSSR count). The molecule has 1 aliphatic heterocycles. The second kappa shape index (κ2) is 5.63. The summed E-state index contributed by atoms with van der Waals surface area (Å²) in [6.07, 6.45) is 2.85. The van der Waals surface area contributed by atoms with Crippen molar-refractivity contribution in [2.75, 3.05) is 13.2 Å². The highest BCUT2D eigenvalue weighted by Crippen LogP contribution is 2.35. The Kier molecular flexibility index (Phi) is 4.15. The molecule has 0 aromatic heterocycles. The maximum Gasteiger partial charge on any atom is 0.166 e. The Morgan fingerprint density at radius 3 is 2.82 bits per heavy atom. The summed E-state index contributed by atoms with van der Waals surface area (Å²) in [6.45, 7) is 3.44. The van der Waals surface area contributed by atoms with Gasteiger partial charge in [-0.15, -0.1) is 0 Å². The molecule has 17 heavy (non-hydrogen) atoms. The molecule has 2 N–H and O–H groups in total. The van der Waals surface area contributed by atoms with Gasteiger partial charge in [0, 0.05) is 12.8 Å². The van der Waals surface area contributed by atoms with Crippen molar-refractivity contribution in [3.05, 3.63) is 35.9 Å². The molecule has 1 saturated heterocycles. The average Bonchev–Trinajstić information content (AvgIpc) is 2.38. The van der Waals surface area contributed by atoms with Gasteiger partial charge in [-0.25, -0.2) is 0 Å². The van der Waals surface area contributed by atoms with Gasteiger partial charge in [0.15, 0.2) is 5.79 Å². The second-order valence-electron chi connectivity index (χ2n) is 4.68. The zero-order chi connectivity index (χ0) is 12.1. The number of hydrogen-bond donors (Lipinski definition) is 1. The largest absolute Gasteiger partial charge is 0.350 e. The third-order valence-corrected chi connectivity index (χ3v) is 3.19. The molecule has 0 bridgehead atoms. The minimum atomic E-state index is -0.474. The van der Waals surface area contributed by atoms with Crippen molar-refractivity contribution in [1.29, 1.82) is 0 Å². The van der Waals surface area contributed by atoms with Gasteiger partial charge in [0.2, 0.25) is 0 Å². The Bertz CT molecular complexity index is 341. The summed E-state index contributed by atoms with van der Waals surface area (Å²) >= 11 is 0.